The van der Waals surface area contributed by atoms with Gasteiger partial charge in [-0.2, -0.15) is 0 Å². The van der Waals surface area contributed by atoms with Gasteiger partial charge in [0.25, 0.3) is 0 Å². The monoisotopic (exact) mass is 429 g/mol. The van der Waals surface area contributed by atoms with Gasteiger partial charge >= 0.3 is 0 Å². The molecule has 0 fully saturated rings. The van der Waals surface area contributed by atoms with Crippen LogP contribution in [0.1, 0.15) is 48.3 Å². The smallest absolute Gasteiger partial charge is 0.161 e. The lowest BCUT2D eigenvalue weighted by Crippen LogP contribution is -2.36. The molecule has 32 heavy (non-hydrogen) atoms. The molecule has 3 heterocycles. The largest absolute Gasteiger partial charge is 0.497 e. The Bertz CT molecular complexity index is 1140. The SMILES string of the molecule is COc1ccc([C@@H]2C=C3c4cc5c(cc4CCN3C3=C2C(=O)CCC3)OCCCO5)cc1. The normalized spacial score (nSPS) is 21.8. The van der Waals surface area contributed by atoms with Crippen LogP contribution in [-0.4, -0.2) is 37.6 Å². The number of allylic oxidation sites excluding steroid dienone is 3. The van der Waals surface area contributed by atoms with Gasteiger partial charge in [-0.1, -0.05) is 12.1 Å². The van der Waals surface area contributed by atoms with Gasteiger partial charge in [-0.25, -0.2) is 0 Å². The molecule has 2 aromatic rings. The number of fused-ring (bicyclic) bond motifs is 5. The van der Waals surface area contributed by atoms with Crippen molar-refractivity contribution in [1.82, 2.24) is 4.90 Å². The summed E-state index contributed by atoms with van der Waals surface area (Å²) < 4.78 is 17.3. The Morgan fingerprint density at radius 2 is 1.75 bits per heavy atom. The number of carbonyl (C=O) groups is 1. The van der Waals surface area contributed by atoms with E-state index in [1.807, 2.05) is 12.1 Å². The highest BCUT2D eigenvalue weighted by Gasteiger charge is 2.38. The second-order valence-electron chi connectivity index (χ2n) is 8.85. The van der Waals surface area contributed by atoms with Gasteiger partial charge in [0.2, 0.25) is 0 Å². The first-order valence-electron chi connectivity index (χ1n) is 11.6. The fourth-order valence-corrected chi connectivity index (χ4v) is 5.45. The van der Waals surface area contributed by atoms with E-state index in [9.17, 15) is 4.79 Å². The third-order valence-corrected chi connectivity index (χ3v) is 7.01. The van der Waals surface area contributed by atoms with Gasteiger partial charge in [0.05, 0.1) is 20.3 Å². The highest BCUT2D eigenvalue weighted by atomic mass is 16.5. The second kappa shape index (κ2) is 7.73. The fourth-order valence-electron chi connectivity index (χ4n) is 5.45. The van der Waals surface area contributed by atoms with E-state index in [-0.39, 0.29) is 11.7 Å². The summed E-state index contributed by atoms with van der Waals surface area (Å²) in [6, 6.07) is 12.4. The average Bonchev–Trinajstić information content (AvgIpc) is 3.07. The molecule has 0 radical (unpaired) electrons. The van der Waals surface area contributed by atoms with Gasteiger partial charge in [0.15, 0.2) is 17.3 Å². The van der Waals surface area contributed by atoms with Gasteiger partial charge in [-0.05, 0) is 60.7 Å². The Kier molecular flexibility index (Phi) is 4.71. The Balaban J connectivity index is 1.50. The lowest BCUT2D eigenvalue weighted by Gasteiger charge is -2.43. The quantitative estimate of drug-likeness (QED) is 0.682. The summed E-state index contributed by atoms with van der Waals surface area (Å²) in [4.78, 5) is 15.5. The van der Waals surface area contributed by atoms with Crippen molar-refractivity contribution >= 4 is 11.5 Å². The predicted octanol–water partition coefficient (Wildman–Crippen LogP) is 4.86. The number of carbonyl (C=O) groups excluding carboxylic acids is 1. The molecule has 5 heteroatoms. The van der Waals surface area contributed by atoms with Crippen LogP contribution in [0.15, 0.2) is 53.7 Å². The molecule has 1 aliphatic carbocycles. The van der Waals surface area contributed by atoms with Crippen LogP contribution < -0.4 is 14.2 Å². The average molecular weight is 430 g/mol. The first kappa shape index (κ1) is 19.5. The third kappa shape index (κ3) is 3.10. The zero-order valence-corrected chi connectivity index (χ0v) is 18.4. The highest BCUT2D eigenvalue weighted by molar-refractivity contribution is 6.00. The predicted molar refractivity (Wildman–Crippen MR) is 122 cm³/mol. The minimum Gasteiger partial charge on any atom is -0.497 e. The van der Waals surface area contributed by atoms with Crippen molar-refractivity contribution in [3.05, 3.63) is 70.4 Å². The third-order valence-electron chi connectivity index (χ3n) is 7.01. The molecule has 5 nitrogen and oxygen atoms in total. The van der Waals surface area contributed by atoms with Crippen molar-refractivity contribution in [2.75, 3.05) is 26.9 Å². The van der Waals surface area contributed by atoms with E-state index in [4.69, 9.17) is 14.2 Å². The maximum atomic E-state index is 13.1. The van der Waals surface area contributed by atoms with Crippen molar-refractivity contribution in [3.8, 4) is 17.2 Å². The molecule has 2 aromatic carbocycles. The molecule has 0 aromatic heterocycles. The topological polar surface area (TPSA) is 48.0 Å². The van der Waals surface area contributed by atoms with E-state index in [0.29, 0.717) is 19.6 Å². The first-order valence-corrected chi connectivity index (χ1v) is 11.6. The van der Waals surface area contributed by atoms with Crippen LogP contribution >= 0.6 is 0 Å². The van der Waals surface area contributed by atoms with Crippen LogP contribution in [0.4, 0.5) is 0 Å². The Morgan fingerprint density at radius 1 is 0.969 bits per heavy atom. The lowest BCUT2D eigenvalue weighted by atomic mass is 9.77. The van der Waals surface area contributed by atoms with Crippen LogP contribution in [-0.2, 0) is 11.2 Å². The summed E-state index contributed by atoms with van der Waals surface area (Å²) in [6.07, 6.45) is 6.62. The van der Waals surface area contributed by atoms with Crippen molar-refractivity contribution < 1.29 is 19.0 Å². The van der Waals surface area contributed by atoms with Crippen LogP contribution in [0.25, 0.3) is 5.70 Å². The summed E-state index contributed by atoms with van der Waals surface area (Å²) in [6.45, 7) is 2.26. The van der Waals surface area contributed by atoms with Gasteiger partial charge < -0.3 is 19.1 Å². The Labute approximate surface area is 188 Å². The lowest BCUT2D eigenvalue weighted by molar-refractivity contribution is -0.116. The van der Waals surface area contributed by atoms with E-state index in [0.717, 1.165) is 60.6 Å². The van der Waals surface area contributed by atoms with Crippen LogP contribution in [0.2, 0.25) is 0 Å². The highest BCUT2D eigenvalue weighted by Crippen LogP contribution is 2.48. The van der Waals surface area contributed by atoms with Gasteiger partial charge in [0, 0.05) is 47.8 Å². The molecule has 164 valence electrons. The van der Waals surface area contributed by atoms with Crippen molar-refractivity contribution in [2.45, 2.75) is 38.0 Å². The minimum absolute atomic E-state index is 0.0446. The number of hydrogen-bond donors (Lipinski definition) is 0. The second-order valence-corrected chi connectivity index (χ2v) is 8.85. The molecule has 0 amide bonds. The molecular weight excluding hydrogens is 402 g/mol. The number of methoxy groups -OCH3 is 1. The van der Waals surface area contributed by atoms with E-state index < -0.39 is 0 Å². The standard InChI is InChI=1S/C27H27NO4/c1-30-19-8-6-17(7-9-19)21-15-23-20-16-26-25(31-12-3-13-32-26)14-18(20)10-11-28(23)22-4-2-5-24(29)27(21)22/h6-9,14-16,21H,2-5,10-13H2,1H3/t21-/m0/s1. The molecule has 0 spiro atoms. The van der Waals surface area contributed by atoms with E-state index >= 15 is 0 Å². The van der Waals surface area contributed by atoms with Gasteiger partial charge in [0.1, 0.15) is 5.75 Å². The number of nitrogens with zero attached hydrogens (tertiary/aromatic N) is 1. The fraction of sp³-hybridized carbons (Fsp3) is 0.370. The molecule has 0 bridgehead atoms. The number of hydrogen-bond acceptors (Lipinski definition) is 5. The Morgan fingerprint density at radius 3 is 2.53 bits per heavy atom. The maximum Gasteiger partial charge on any atom is 0.161 e. The molecule has 1 atom stereocenters. The summed E-state index contributed by atoms with van der Waals surface area (Å²) in [7, 11) is 1.68. The van der Waals surface area contributed by atoms with E-state index in [1.165, 1.54) is 22.5 Å². The van der Waals surface area contributed by atoms with E-state index in [2.05, 4.69) is 35.2 Å². The van der Waals surface area contributed by atoms with Crippen LogP contribution in [0.5, 0.6) is 17.2 Å². The van der Waals surface area contributed by atoms with Crippen LogP contribution in [0, 0.1) is 0 Å². The van der Waals surface area contributed by atoms with Crippen molar-refractivity contribution in [3.63, 3.8) is 0 Å². The summed E-state index contributed by atoms with van der Waals surface area (Å²) in [5, 5.41) is 0. The number of ketones is 1. The molecule has 0 saturated carbocycles. The minimum atomic E-state index is -0.0446. The molecule has 6 rings (SSSR count). The summed E-state index contributed by atoms with van der Waals surface area (Å²) in [5.74, 6) is 2.74. The maximum absolute atomic E-state index is 13.1. The molecule has 3 aliphatic heterocycles. The number of benzene rings is 2. The molecule has 0 saturated heterocycles. The molecular formula is C27H27NO4. The number of Topliss-reactive ketones (excluding diaryl/α,β-unsaturated/α-hetero) is 1. The molecule has 0 N–H and O–H groups in total. The summed E-state index contributed by atoms with van der Waals surface area (Å²) in [5.41, 5.74) is 6.98. The number of ether oxygens (including phenoxy) is 3. The Hall–Kier alpha value is -3.21. The van der Waals surface area contributed by atoms with Gasteiger partial charge in [-0.15, -0.1) is 0 Å². The van der Waals surface area contributed by atoms with E-state index in [1.54, 1.807) is 7.11 Å². The van der Waals surface area contributed by atoms with Crippen molar-refractivity contribution in [2.24, 2.45) is 0 Å². The molecule has 4 aliphatic rings. The van der Waals surface area contributed by atoms with Crippen LogP contribution in [0.3, 0.4) is 0 Å². The summed E-state index contributed by atoms with van der Waals surface area (Å²) >= 11 is 0. The molecule has 0 unspecified atom stereocenters. The first-order chi connectivity index (χ1) is 15.7. The number of rotatable bonds is 2. The zero-order valence-electron chi connectivity index (χ0n) is 18.4. The van der Waals surface area contributed by atoms with Crippen molar-refractivity contribution in [1.29, 1.82) is 0 Å². The van der Waals surface area contributed by atoms with Gasteiger partial charge in [-0.3, -0.25) is 4.79 Å². The zero-order chi connectivity index (χ0) is 21.7.